The van der Waals surface area contributed by atoms with Crippen LogP contribution in [0.3, 0.4) is 0 Å². The molecule has 0 N–H and O–H groups in total. The van der Waals surface area contributed by atoms with Gasteiger partial charge in [-0.25, -0.2) is 0 Å². The number of hydrogen-bond donors (Lipinski definition) is 0. The molecule has 0 spiro atoms. The lowest BCUT2D eigenvalue weighted by molar-refractivity contribution is 0.461. The van der Waals surface area contributed by atoms with Crippen molar-refractivity contribution >= 4 is 6.98 Å². The summed E-state index contributed by atoms with van der Waals surface area (Å²) < 4.78 is 38.0. The molecular weight excluding hydrogens is 192 g/mol. The van der Waals surface area contributed by atoms with E-state index in [4.69, 9.17) is 0 Å². The van der Waals surface area contributed by atoms with Crippen molar-refractivity contribution < 1.29 is 12.9 Å². The molecule has 0 fully saturated rings. The monoisotopic (exact) mass is 205 g/mol. The van der Waals surface area contributed by atoms with Crippen molar-refractivity contribution in [3.63, 3.8) is 0 Å². The van der Waals surface area contributed by atoms with Crippen LogP contribution in [0.5, 0.6) is 0 Å². The van der Waals surface area contributed by atoms with Gasteiger partial charge in [0.25, 0.3) is 0 Å². The summed E-state index contributed by atoms with van der Waals surface area (Å²) in [6, 6.07) is 1.54. The van der Waals surface area contributed by atoms with E-state index in [1.165, 1.54) is 4.68 Å². The molecule has 1 rings (SSSR count). The molecule has 2 nitrogen and oxygen atoms in total. The van der Waals surface area contributed by atoms with Gasteiger partial charge in [0.15, 0.2) is 0 Å². The first-order chi connectivity index (χ1) is 6.46. The molecule has 80 valence electrons. The molecule has 0 saturated heterocycles. The molecular formula is C8H13BF3N2-. The fourth-order valence-electron chi connectivity index (χ4n) is 1.36. The summed E-state index contributed by atoms with van der Waals surface area (Å²) in [6.45, 7) is -0.604. The van der Waals surface area contributed by atoms with Crippen LogP contribution in [0.1, 0.15) is 25.2 Å². The van der Waals surface area contributed by atoms with E-state index in [0.29, 0.717) is 13.0 Å². The van der Waals surface area contributed by atoms with Crippen LogP contribution in [0.2, 0.25) is 0 Å². The van der Waals surface area contributed by atoms with E-state index in [-0.39, 0.29) is 5.69 Å². The highest BCUT2D eigenvalue weighted by Crippen LogP contribution is 2.17. The smallest absolute Gasteiger partial charge is 0.449 e. The first kappa shape index (κ1) is 11.1. The van der Waals surface area contributed by atoms with Crippen molar-refractivity contribution in [2.75, 3.05) is 0 Å². The Kier molecular flexibility index (Phi) is 3.23. The minimum Gasteiger partial charge on any atom is -0.449 e. The quantitative estimate of drug-likeness (QED) is 0.690. The standard InChI is InChI=1S/C8H13BF3N2/c1-3-7-5-8(6-9(10,11)12)14(4-2)13-7/h5H,3-4,6H2,1-2H3/q-1. The number of hydrogen-bond acceptors (Lipinski definition) is 1. The predicted octanol–water partition coefficient (Wildman–Crippen LogP) is 2.39. The Morgan fingerprint density at radius 2 is 2.00 bits per heavy atom. The van der Waals surface area contributed by atoms with Gasteiger partial charge in [-0.1, -0.05) is 6.92 Å². The van der Waals surface area contributed by atoms with Crippen LogP contribution < -0.4 is 0 Å². The van der Waals surface area contributed by atoms with E-state index in [1.54, 1.807) is 13.0 Å². The SMILES string of the molecule is CCc1cc(C[B-](F)(F)F)n(CC)n1. The summed E-state index contributed by atoms with van der Waals surface area (Å²) in [4.78, 5) is 0. The summed E-state index contributed by atoms with van der Waals surface area (Å²) in [5.74, 6) is 0. The Morgan fingerprint density at radius 1 is 1.36 bits per heavy atom. The van der Waals surface area contributed by atoms with Crippen molar-refractivity contribution in [1.29, 1.82) is 0 Å². The molecule has 1 aromatic heterocycles. The van der Waals surface area contributed by atoms with Crippen LogP contribution in [-0.2, 0) is 19.3 Å². The van der Waals surface area contributed by atoms with Crippen LogP contribution in [0.15, 0.2) is 6.07 Å². The third-order valence-electron chi connectivity index (χ3n) is 2.02. The average molecular weight is 205 g/mol. The van der Waals surface area contributed by atoms with E-state index >= 15 is 0 Å². The zero-order chi connectivity index (χ0) is 10.8. The van der Waals surface area contributed by atoms with E-state index in [2.05, 4.69) is 5.10 Å². The highest BCUT2D eigenvalue weighted by Gasteiger charge is 2.25. The first-order valence-electron chi connectivity index (χ1n) is 4.73. The number of aromatic nitrogens is 2. The fraction of sp³-hybridized carbons (Fsp3) is 0.625. The molecule has 0 aromatic carbocycles. The maximum atomic E-state index is 12.2. The summed E-state index contributed by atoms with van der Waals surface area (Å²) in [7, 11) is 0. The topological polar surface area (TPSA) is 17.8 Å². The van der Waals surface area contributed by atoms with E-state index in [9.17, 15) is 12.9 Å². The van der Waals surface area contributed by atoms with Gasteiger partial charge < -0.3 is 12.9 Å². The van der Waals surface area contributed by atoms with Gasteiger partial charge in [-0.2, -0.15) is 5.10 Å². The fourth-order valence-corrected chi connectivity index (χ4v) is 1.36. The minimum absolute atomic E-state index is 0.275. The highest BCUT2D eigenvalue weighted by atomic mass is 19.4. The molecule has 14 heavy (non-hydrogen) atoms. The molecule has 1 aromatic rings. The van der Waals surface area contributed by atoms with E-state index in [1.807, 2.05) is 6.92 Å². The molecule has 0 saturated carbocycles. The van der Waals surface area contributed by atoms with Crippen molar-refractivity contribution in [3.05, 3.63) is 17.5 Å². The van der Waals surface area contributed by atoms with E-state index in [0.717, 1.165) is 5.69 Å². The Balaban J connectivity index is 2.89. The Hall–Kier alpha value is -0.935. The van der Waals surface area contributed by atoms with Gasteiger partial charge >= 0.3 is 6.98 Å². The maximum absolute atomic E-state index is 12.2. The van der Waals surface area contributed by atoms with Crippen LogP contribution in [0.25, 0.3) is 0 Å². The van der Waals surface area contributed by atoms with Crippen LogP contribution in [0, 0.1) is 0 Å². The van der Waals surface area contributed by atoms with Gasteiger partial charge in [0.2, 0.25) is 0 Å². The van der Waals surface area contributed by atoms with Gasteiger partial charge in [-0.3, -0.25) is 4.68 Å². The largest absolute Gasteiger partial charge is 0.484 e. The lowest BCUT2D eigenvalue weighted by Crippen LogP contribution is -2.21. The Bertz CT molecular complexity index is 306. The van der Waals surface area contributed by atoms with Crippen molar-refractivity contribution in [1.82, 2.24) is 9.78 Å². The van der Waals surface area contributed by atoms with Crippen molar-refractivity contribution in [3.8, 4) is 0 Å². The maximum Gasteiger partial charge on any atom is 0.484 e. The number of nitrogens with zero attached hydrogens (tertiary/aromatic N) is 2. The molecule has 0 aliphatic rings. The van der Waals surface area contributed by atoms with Gasteiger partial charge in [0.05, 0.1) is 5.69 Å². The van der Waals surface area contributed by atoms with Gasteiger partial charge in [0.1, 0.15) is 0 Å². The first-order valence-corrected chi connectivity index (χ1v) is 4.73. The molecule has 0 atom stereocenters. The number of aryl methyl sites for hydroxylation is 2. The third-order valence-corrected chi connectivity index (χ3v) is 2.02. The van der Waals surface area contributed by atoms with Crippen LogP contribution in [-0.4, -0.2) is 16.8 Å². The number of halogens is 3. The lowest BCUT2D eigenvalue weighted by atomic mass is 9.84. The zero-order valence-electron chi connectivity index (χ0n) is 8.30. The van der Waals surface area contributed by atoms with Crippen molar-refractivity contribution in [2.24, 2.45) is 0 Å². The van der Waals surface area contributed by atoms with Gasteiger partial charge in [0, 0.05) is 12.2 Å². The second-order valence-corrected chi connectivity index (χ2v) is 3.21. The number of rotatable bonds is 4. The normalized spacial score (nSPS) is 12.1. The molecule has 0 amide bonds. The van der Waals surface area contributed by atoms with Crippen LogP contribution >= 0.6 is 0 Å². The summed E-state index contributed by atoms with van der Waals surface area (Å²) in [5.41, 5.74) is 0.999. The summed E-state index contributed by atoms with van der Waals surface area (Å²) in [5, 5.41) is 4.06. The van der Waals surface area contributed by atoms with Gasteiger partial charge in [-0.05, 0) is 25.7 Å². The molecule has 0 unspecified atom stereocenters. The molecule has 0 radical (unpaired) electrons. The van der Waals surface area contributed by atoms with Crippen molar-refractivity contribution in [2.45, 2.75) is 33.1 Å². The Labute approximate surface area is 81.2 Å². The predicted molar refractivity (Wildman–Crippen MR) is 50.1 cm³/mol. The summed E-state index contributed by atoms with van der Waals surface area (Å²) >= 11 is 0. The molecule has 1 heterocycles. The average Bonchev–Trinajstić information content (AvgIpc) is 2.44. The second kappa shape index (κ2) is 4.06. The molecule has 0 bridgehead atoms. The Morgan fingerprint density at radius 3 is 2.43 bits per heavy atom. The molecule has 6 heteroatoms. The second-order valence-electron chi connectivity index (χ2n) is 3.21. The van der Waals surface area contributed by atoms with Crippen LogP contribution in [0.4, 0.5) is 12.9 Å². The third kappa shape index (κ3) is 2.78. The highest BCUT2D eigenvalue weighted by molar-refractivity contribution is 6.57. The minimum atomic E-state index is -4.76. The van der Waals surface area contributed by atoms with E-state index < -0.39 is 13.3 Å². The van der Waals surface area contributed by atoms with Gasteiger partial charge in [-0.15, -0.1) is 0 Å². The molecule has 0 aliphatic carbocycles. The zero-order valence-corrected chi connectivity index (χ0v) is 8.30. The molecule has 0 aliphatic heterocycles. The summed E-state index contributed by atoms with van der Waals surface area (Å²) in [6.07, 6.45) is -0.161. The lowest BCUT2D eigenvalue weighted by Gasteiger charge is -2.13.